The molecule has 0 aromatic rings. The first-order valence-electron chi connectivity index (χ1n) is 7.13. The molecule has 1 aliphatic rings. The monoisotopic (exact) mass is 271 g/mol. The topological polar surface area (TPSA) is 67.6 Å². The number of carbonyl (C=O) groups excluding carboxylic acids is 1. The highest BCUT2D eigenvalue weighted by Gasteiger charge is 2.31. The van der Waals surface area contributed by atoms with Crippen LogP contribution in [0.15, 0.2) is 0 Å². The summed E-state index contributed by atoms with van der Waals surface area (Å²) in [6.07, 6.45) is 2.85. The molecule has 0 aliphatic carbocycles. The zero-order valence-electron chi connectivity index (χ0n) is 12.8. The first-order valence-corrected chi connectivity index (χ1v) is 7.13. The number of ether oxygens (including phenoxy) is 1. The average Bonchev–Trinajstić information content (AvgIpc) is 2.35. The summed E-state index contributed by atoms with van der Waals surface area (Å²) in [6, 6.07) is 0. The van der Waals surface area contributed by atoms with Crippen LogP contribution >= 0.6 is 0 Å². The van der Waals surface area contributed by atoms with Gasteiger partial charge in [0.25, 0.3) is 0 Å². The molecule has 0 spiro atoms. The standard InChI is InChI=1S/C14H29N3O2/c1-13(2)11-19-10-9-17(13)8-6-5-7-14(3,16-4)12(15)18/h16H,5-11H2,1-4H3,(H2,15,18). The third-order valence-corrected chi connectivity index (χ3v) is 4.27. The molecule has 0 saturated carbocycles. The number of nitrogens with two attached hydrogens (primary N) is 1. The van der Waals surface area contributed by atoms with E-state index in [9.17, 15) is 4.79 Å². The van der Waals surface area contributed by atoms with Crippen molar-refractivity contribution in [2.45, 2.75) is 51.1 Å². The molecule has 1 saturated heterocycles. The zero-order valence-corrected chi connectivity index (χ0v) is 12.8. The molecular formula is C14H29N3O2. The number of morpholine rings is 1. The van der Waals surface area contributed by atoms with Crippen molar-refractivity contribution in [3.8, 4) is 0 Å². The van der Waals surface area contributed by atoms with Crippen LogP contribution in [-0.2, 0) is 9.53 Å². The van der Waals surface area contributed by atoms with Crippen LogP contribution in [0.2, 0.25) is 0 Å². The van der Waals surface area contributed by atoms with Gasteiger partial charge in [-0.05, 0) is 53.6 Å². The summed E-state index contributed by atoms with van der Waals surface area (Å²) in [5.41, 5.74) is 4.96. The molecule has 5 nitrogen and oxygen atoms in total. The number of carbonyl (C=O) groups is 1. The van der Waals surface area contributed by atoms with Crippen LogP contribution in [0.25, 0.3) is 0 Å². The van der Waals surface area contributed by atoms with E-state index in [0.29, 0.717) is 0 Å². The normalized spacial score (nSPS) is 22.9. The van der Waals surface area contributed by atoms with Crippen molar-refractivity contribution in [3.63, 3.8) is 0 Å². The number of hydrogen-bond acceptors (Lipinski definition) is 4. The molecule has 1 atom stereocenters. The van der Waals surface area contributed by atoms with Crippen LogP contribution in [0.5, 0.6) is 0 Å². The molecule has 112 valence electrons. The third-order valence-electron chi connectivity index (χ3n) is 4.27. The Labute approximate surface area is 116 Å². The smallest absolute Gasteiger partial charge is 0.237 e. The summed E-state index contributed by atoms with van der Waals surface area (Å²) in [5.74, 6) is -0.276. The lowest BCUT2D eigenvalue weighted by molar-refractivity contribution is -0.123. The van der Waals surface area contributed by atoms with Crippen molar-refractivity contribution in [2.75, 3.05) is 33.4 Å². The molecule has 0 aromatic heterocycles. The van der Waals surface area contributed by atoms with E-state index in [0.717, 1.165) is 45.6 Å². The summed E-state index contributed by atoms with van der Waals surface area (Å²) in [5, 5.41) is 3.02. The lowest BCUT2D eigenvalue weighted by Crippen LogP contribution is -2.53. The molecule has 19 heavy (non-hydrogen) atoms. The van der Waals surface area contributed by atoms with E-state index in [-0.39, 0.29) is 11.4 Å². The van der Waals surface area contributed by atoms with E-state index in [1.54, 1.807) is 7.05 Å². The van der Waals surface area contributed by atoms with Crippen molar-refractivity contribution in [2.24, 2.45) is 5.73 Å². The summed E-state index contributed by atoms with van der Waals surface area (Å²) >= 11 is 0. The van der Waals surface area contributed by atoms with Crippen molar-refractivity contribution in [1.29, 1.82) is 0 Å². The Hall–Kier alpha value is -0.650. The lowest BCUT2D eigenvalue weighted by Gasteiger charge is -2.42. The number of amides is 1. The Morgan fingerprint density at radius 3 is 2.68 bits per heavy atom. The van der Waals surface area contributed by atoms with E-state index >= 15 is 0 Å². The number of hydrogen-bond donors (Lipinski definition) is 2. The number of unbranched alkanes of at least 4 members (excludes halogenated alkanes) is 1. The molecule has 5 heteroatoms. The molecule has 1 fully saturated rings. The highest BCUT2D eigenvalue weighted by atomic mass is 16.5. The van der Waals surface area contributed by atoms with Crippen LogP contribution in [0.3, 0.4) is 0 Å². The SMILES string of the molecule is CNC(C)(CCCCN1CCOCC1(C)C)C(N)=O. The van der Waals surface area contributed by atoms with E-state index in [1.165, 1.54) is 0 Å². The first kappa shape index (κ1) is 16.4. The molecule has 0 bridgehead atoms. The number of likely N-dealkylation sites (N-methyl/N-ethyl adjacent to an activating group) is 1. The lowest BCUT2D eigenvalue weighted by atomic mass is 9.94. The summed E-state index contributed by atoms with van der Waals surface area (Å²) < 4.78 is 5.51. The predicted octanol–water partition coefficient (Wildman–Crippen LogP) is 0.731. The predicted molar refractivity (Wildman–Crippen MR) is 77.0 cm³/mol. The minimum Gasteiger partial charge on any atom is -0.378 e. The van der Waals surface area contributed by atoms with Gasteiger partial charge in [-0.15, -0.1) is 0 Å². The second-order valence-corrected chi connectivity index (χ2v) is 6.26. The maximum atomic E-state index is 11.4. The van der Waals surface area contributed by atoms with Crippen LogP contribution in [-0.4, -0.2) is 55.2 Å². The van der Waals surface area contributed by atoms with Crippen molar-refractivity contribution in [1.82, 2.24) is 10.2 Å². The van der Waals surface area contributed by atoms with E-state index in [2.05, 4.69) is 24.1 Å². The van der Waals surface area contributed by atoms with Gasteiger partial charge in [-0.1, -0.05) is 0 Å². The van der Waals surface area contributed by atoms with Gasteiger partial charge in [-0.3, -0.25) is 9.69 Å². The Balaban J connectivity index is 2.32. The number of nitrogens with zero attached hydrogens (tertiary/aromatic N) is 1. The zero-order chi connectivity index (χ0) is 14.5. The van der Waals surface area contributed by atoms with Crippen LogP contribution < -0.4 is 11.1 Å². The minimum atomic E-state index is -0.583. The fraction of sp³-hybridized carbons (Fsp3) is 0.929. The Bertz CT molecular complexity index is 307. The van der Waals surface area contributed by atoms with Crippen LogP contribution in [0, 0.1) is 0 Å². The maximum absolute atomic E-state index is 11.4. The third kappa shape index (κ3) is 4.44. The quantitative estimate of drug-likeness (QED) is 0.670. The molecule has 1 amide bonds. The van der Waals surface area contributed by atoms with Gasteiger partial charge in [0.15, 0.2) is 0 Å². The minimum absolute atomic E-state index is 0.119. The van der Waals surface area contributed by atoms with E-state index < -0.39 is 5.54 Å². The fourth-order valence-corrected chi connectivity index (χ4v) is 2.46. The molecule has 0 radical (unpaired) electrons. The van der Waals surface area contributed by atoms with Gasteiger partial charge in [0.1, 0.15) is 0 Å². The van der Waals surface area contributed by atoms with Crippen LogP contribution in [0.4, 0.5) is 0 Å². The Morgan fingerprint density at radius 1 is 1.47 bits per heavy atom. The highest BCUT2D eigenvalue weighted by molar-refractivity contribution is 5.84. The van der Waals surface area contributed by atoms with Crippen LogP contribution in [0.1, 0.15) is 40.0 Å². The summed E-state index contributed by atoms with van der Waals surface area (Å²) in [6.45, 7) is 9.96. The fourth-order valence-electron chi connectivity index (χ4n) is 2.46. The molecule has 1 unspecified atom stereocenters. The van der Waals surface area contributed by atoms with Crippen molar-refractivity contribution >= 4 is 5.91 Å². The van der Waals surface area contributed by atoms with Crippen molar-refractivity contribution < 1.29 is 9.53 Å². The number of primary amides is 1. The van der Waals surface area contributed by atoms with Gasteiger partial charge in [-0.2, -0.15) is 0 Å². The Kier molecular flexibility index (Phi) is 5.77. The molecule has 1 rings (SSSR count). The second kappa shape index (κ2) is 6.68. The van der Waals surface area contributed by atoms with Gasteiger partial charge < -0.3 is 15.8 Å². The highest BCUT2D eigenvalue weighted by Crippen LogP contribution is 2.20. The molecule has 1 heterocycles. The number of rotatable bonds is 7. The van der Waals surface area contributed by atoms with Gasteiger partial charge in [-0.25, -0.2) is 0 Å². The van der Waals surface area contributed by atoms with Gasteiger partial charge in [0.2, 0.25) is 5.91 Å². The summed E-state index contributed by atoms with van der Waals surface area (Å²) in [4.78, 5) is 13.9. The van der Waals surface area contributed by atoms with Crippen molar-refractivity contribution in [3.05, 3.63) is 0 Å². The van der Waals surface area contributed by atoms with Gasteiger partial charge in [0.05, 0.1) is 18.8 Å². The Morgan fingerprint density at radius 2 is 2.16 bits per heavy atom. The molecule has 1 aliphatic heterocycles. The maximum Gasteiger partial charge on any atom is 0.237 e. The van der Waals surface area contributed by atoms with E-state index in [4.69, 9.17) is 10.5 Å². The van der Waals surface area contributed by atoms with E-state index in [1.807, 2.05) is 6.92 Å². The second-order valence-electron chi connectivity index (χ2n) is 6.26. The molecular weight excluding hydrogens is 242 g/mol. The van der Waals surface area contributed by atoms with Gasteiger partial charge in [0, 0.05) is 12.1 Å². The largest absolute Gasteiger partial charge is 0.378 e. The van der Waals surface area contributed by atoms with Gasteiger partial charge >= 0.3 is 0 Å². The summed E-state index contributed by atoms with van der Waals surface area (Å²) in [7, 11) is 1.79. The first-order chi connectivity index (χ1) is 8.82. The average molecular weight is 271 g/mol. The number of nitrogens with one attached hydrogen (secondary N) is 1. The molecule has 0 aromatic carbocycles. The molecule has 3 N–H and O–H groups in total.